The number of rotatable bonds is 1. The van der Waals surface area contributed by atoms with Gasteiger partial charge < -0.3 is 4.98 Å². The van der Waals surface area contributed by atoms with E-state index in [-0.39, 0.29) is 0 Å². The molecule has 0 aliphatic carbocycles. The average Bonchev–Trinajstić information content (AvgIpc) is 2.85. The van der Waals surface area contributed by atoms with Gasteiger partial charge in [0, 0.05) is 22.7 Å². The van der Waals surface area contributed by atoms with E-state index in [1.165, 1.54) is 22.0 Å². The Bertz CT molecular complexity index is 548. The number of hydrogen-bond donors (Lipinski definition) is 1. The van der Waals surface area contributed by atoms with Crippen LogP contribution in [0.15, 0.2) is 47.3 Å². The summed E-state index contributed by atoms with van der Waals surface area (Å²) in [5.41, 5.74) is 3.79. The highest BCUT2D eigenvalue weighted by atomic mass is 32.1. The molecule has 0 amide bonds. The topological polar surface area (TPSA) is 15.8 Å². The fraction of sp³-hybridized carbons (Fsp3) is 0. The monoisotopic (exact) mass is 199 g/mol. The third-order valence-corrected chi connectivity index (χ3v) is 3.10. The van der Waals surface area contributed by atoms with Gasteiger partial charge in [-0.05, 0) is 28.5 Å². The molecule has 0 saturated heterocycles. The molecule has 0 radical (unpaired) electrons. The zero-order chi connectivity index (χ0) is 9.38. The number of hydrogen-bond acceptors (Lipinski definition) is 1. The first-order chi connectivity index (χ1) is 6.95. The van der Waals surface area contributed by atoms with Crippen molar-refractivity contribution in [3.8, 4) is 11.1 Å². The van der Waals surface area contributed by atoms with Crippen molar-refractivity contribution in [3.05, 3.63) is 47.3 Å². The summed E-state index contributed by atoms with van der Waals surface area (Å²) in [5, 5.41) is 5.58. The van der Waals surface area contributed by atoms with E-state index in [1.54, 1.807) is 11.3 Å². The number of para-hydroxylation sites is 1. The second-order valence-electron chi connectivity index (χ2n) is 3.26. The smallest absolute Gasteiger partial charge is 0.0460 e. The van der Waals surface area contributed by atoms with Crippen molar-refractivity contribution in [2.45, 2.75) is 0 Å². The number of aromatic nitrogens is 1. The molecule has 3 rings (SSSR count). The van der Waals surface area contributed by atoms with Gasteiger partial charge in [0.05, 0.1) is 0 Å². The molecular formula is C12H9NS. The van der Waals surface area contributed by atoms with Gasteiger partial charge in [-0.3, -0.25) is 0 Å². The highest BCUT2D eigenvalue weighted by Crippen LogP contribution is 2.29. The number of H-pyrrole nitrogens is 1. The first-order valence-corrected chi connectivity index (χ1v) is 5.48. The van der Waals surface area contributed by atoms with Gasteiger partial charge in [-0.1, -0.05) is 18.2 Å². The fourth-order valence-corrected chi connectivity index (χ4v) is 2.38. The van der Waals surface area contributed by atoms with Crippen LogP contribution in [0.25, 0.3) is 22.0 Å². The zero-order valence-corrected chi connectivity index (χ0v) is 8.34. The van der Waals surface area contributed by atoms with Crippen molar-refractivity contribution in [1.29, 1.82) is 0 Å². The average molecular weight is 199 g/mol. The Labute approximate surface area is 86.0 Å². The van der Waals surface area contributed by atoms with Crippen molar-refractivity contribution < 1.29 is 0 Å². The molecule has 1 nitrogen and oxygen atoms in total. The molecule has 3 aromatic rings. The lowest BCUT2D eigenvalue weighted by molar-refractivity contribution is 1.48. The van der Waals surface area contributed by atoms with Gasteiger partial charge in [0.15, 0.2) is 0 Å². The molecule has 0 unspecified atom stereocenters. The lowest BCUT2D eigenvalue weighted by Gasteiger charge is -1.93. The van der Waals surface area contributed by atoms with Crippen LogP contribution in [0.1, 0.15) is 0 Å². The van der Waals surface area contributed by atoms with Gasteiger partial charge in [-0.15, -0.1) is 0 Å². The number of nitrogens with one attached hydrogen (secondary N) is 1. The van der Waals surface area contributed by atoms with E-state index in [4.69, 9.17) is 0 Å². The second-order valence-corrected chi connectivity index (χ2v) is 4.04. The molecule has 0 aliphatic rings. The van der Waals surface area contributed by atoms with Crippen LogP contribution in [-0.4, -0.2) is 4.98 Å². The van der Waals surface area contributed by atoms with Crippen molar-refractivity contribution in [2.75, 3.05) is 0 Å². The van der Waals surface area contributed by atoms with Crippen molar-refractivity contribution in [3.63, 3.8) is 0 Å². The fourth-order valence-electron chi connectivity index (χ4n) is 1.73. The Balaban J connectivity index is 2.33. The third-order valence-electron chi connectivity index (χ3n) is 2.42. The standard InChI is InChI=1S/C12H9NS/c1-2-4-12-10(3-1)11(7-13-12)9-5-6-14-8-9/h1-8,13H. The number of benzene rings is 1. The van der Waals surface area contributed by atoms with E-state index in [2.05, 4.69) is 52.3 Å². The predicted octanol–water partition coefficient (Wildman–Crippen LogP) is 3.90. The van der Waals surface area contributed by atoms with Gasteiger partial charge in [0.25, 0.3) is 0 Å². The van der Waals surface area contributed by atoms with Crippen molar-refractivity contribution >= 4 is 22.2 Å². The van der Waals surface area contributed by atoms with Gasteiger partial charge in [0.1, 0.15) is 0 Å². The van der Waals surface area contributed by atoms with E-state index in [1.807, 2.05) is 0 Å². The SMILES string of the molecule is c1ccc2c(-c3ccsc3)c[nH]c2c1. The normalized spacial score (nSPS) is 10.9. The van der Waals surface area contributed by atoms with Crippen LogP contribution in [0.2, 0.25) is 0 Å². The van der Waals surface area contributed by atoms with Crippen LogP contribution < -0.4 is 0 Å². The molecule has 1 N–H and O–H groups in total. The molecule has 2 heteroatoms. The van der Waals surface area contributed by atoms with E-state index in [0.717, 1.165) is 0 Å². The van der Waals surface area contributed by atoms with Crippen LogP contribution >= 0.6 is 11.3 Å². The largest absolute Gasteiger partial charge is 0.361 e. The van der Waals surface area contributed by atoms with E-state index >= 15 is 0 Å². The summed E-state index contributed by atoms with van der Waals surface area (Å²) in [7, 11) is 0. The summed E-state index contributed by atoms with van der Waals surface area (Å²) in [6.45, 7) is 0. The Hall–Kier alpha value is -1.54. The quantitative estimate of drug-likeness (QED) is 0.612. The molecule has 2 aromatic heterocycles. The minimum absolute atomic E-state index is 1.20. The molecule has 0 aliphatic heterocycles. The molecule has 14 heavy (non-hydrogen) atoms. The van der Waals surface area contributed by atoms with Gasteiger partial charge in [0.2, 0.25) is 0 Å². The highest BCUT2D eigenvalue weighted by molar-refractivity contribution is 7.08. The third kappa shape index (κ3) is 1.08. The van der Waals surface area contributed by atoms with Gasteiger partial charge in [-0.2, -0.15) is 11.3 Å². The second kappa shape index (κ2) is 3.00. The summed E-state index contributed by atoms with van der Waals surface area (Å²) in [6.07, 6.45) is 2.08. The highest BCUT2D eigenvalue weighted by Gasteiger charge is 2.04. The summed E-state index contributed by atoms with van der Waals surface area (Å²) >= 11 is 1.73. The summed E-state index contributed by atoms with van der Waals surface area (Å²) < 4.78 is 0. The van der Waals surface area contributed by atoms with Crippen LogP contribution in [0.3, 0.4) is 0 Å². The Kier molecular flexibility index (Phi) is 1.67. The molecule has 0 bridgehead atoms. The summed E-state index contributed by atoms with van der Waals surface area (Å²) in [5.74, 6) is 0. The Morgan fingerprint density at radius 3 is 2.86 bits per heavy atom. The number of aromatic amines is 1. The van der Waals surface area contributed by atoms with Crippen molar-refractivity contribution in [2.24, 2.45) is 0 Å². The Morgan fingerprint density at radius 1 is 1.07 bits per heavy atom. The summed E-state index contributed by atoms with van der Waals surface area (Å²) in [4.78, 5) is 3.28. The molecule has 68 valence electrons. The van der Waals surface area contributed by atoms with Crippen LogP contribution in [-0.2, 0) is 0 Å². The maximum absolute atomic E-state index is 3.28. The summed E-state index contributed by atoms with van der Waals surface area (Å²) in [6, 6.07) is 10.5. The molecule has 1 aromatic carbocycles. The van der Waals surface area contributed by atoms with Gasteiger partial charge >= 0.3 is 0 Å². The maximum Gasteiger partial charge on any atom is 0.0460 e. The Morgan fingerprint density at radius 2 is 2.00 bits per heavy atom. The first kappa shape index (κ1) is 7.83. The van der Waals surface area contributed by atoms with E-state index < -0.39 is 0 Å². The van der Waals surface area contributed by atoms with E-state index in [0.29, 0.717) is 0 Å². The first-order valence-electron chi connectivity index (χ1n) is 4.54. The lowest BCUT2D eigenvalue weighted by Crippen LogP contribution is -1.68. The molecule has 0 fully saturated rings. The minimum atomic E-state index is 1.20. The lowest BCUT2D eigenvalue weighted by atomic mass is 10.1. The van der Waals surface area contributed by atoms with Gasteiger partial charge in [-0.25, -0.2) is 0 Å². The zero-order valence-electron chi connectivity index (χ0n) is 7.53. The molecular weight excluding hydrogens is 190 g/mol. The minimum Gasteiger partial charge on any atom is -0.361 e. The number of thiophene rings is 1. The van der Waals surface area contributed by atoms with Crippen LogP contribution in [0, 0.1) is 0 Å². The molecule has 2 heterocycles. The molecule has 0 spiro atoms. The van der Waals surface area contributed by atoms with Crippen molar-refractivity contribution in [1.82, 2.24) is 4.98 Å². The molecule has 0 atom stereocenters. The molecule has 0 saturated carbocycles. The maximum atomic E-state index is 3.28. The van der Waals surface area contributed by atoms with Crippen LogP contribution in [0.5, 0.6) is 0 Å². The predicted molar refractivity (Wildman–Crippen MR) is 61.6 cm³/mol. The van der Waals surface area contributed by atoms with E-state index in [9.17, 15) is 0 Å². The number of fused-ring (bicyclic) bond motifs is 1. The van der Waals surface area contributed by atoms with Crippen LogP contribution in [0.4, 0.5) is 0 Å².